The van der Waals surface area contributed by atoms with Crippen molar-refractivity contribution >= 4 is 17.5 Å². The van der Waals surface area contributed by atoms with Gasteiger partial charge in [-0.1, -0.05) is 18.2 Å². The molecule has 1 saturated heterocycles. The van der Waals surface area contributed by atoms with Crippen LogP contribution >= 0.6 is 0 Å². The third-order valence-corrected chi connectivity index (χ3v) is 4.70. The summed E-state index contributed by atoms with van der Waals surface area (Å²) in [5.41, 5.74) is 0.941. The summed E-state index contributed by atoms with van der Waals surface area (Å²) in [5, 5.41) is 2.83. The zero-order valence-electron chi connectivity index (χ0n) is 15.6. The van der Waals surface area contributed by atoms with Crippen molar-refractivity contribution in [2.24, 2.45) is 0 Å². The monoisotopic (exact) mass is 346 g/mol. The van der Waals surface area contributed by atoms with Crippen molar-refractivity contribution in [3.8, 4) is 0 Å². The van der Waals surface area contributed by atoms with E-state index in [1.165, 1.54) is 0 Å². The Hall–Kier alpha value is -1.92. The van der Waals surface area contributed by atoms with Gasteiger partial charge in [-0.2, -0.15) is 0 Å². The van der Waals surface area contributed by atoms with Crippen molar-refractivity contribution in [2.75, 3.05) is 50.7 Å². The van der Waals surface area contributed by atoms with Gasteiger partial charge in [0.1, 0.15) is 0 Å². The van der Waals surface area contributed by atoms with E-state index in [9.17, 15) is 9.59 Å². The van der Waals surface area contributed by atoms with Crippen LogP contribution in [0.1, 0.15) is 20.8 Å². The zero-order chi connectivity index (χ0) is 18.2. The van der Waals surface area contributed by atoms with Crippen molar-refractivity contribution in [1.82, 2.24) is 15.1 Å². The van der Waals surface area contributed by atoms with Crippen LogP contribution in [0.15, 0.2) is 30.3 Å². The van der Waals surface area contributed by atoms with E-state index in [1.54, 1.807) is 0 Å². The first kappa shape index (κ1) is 19.4. The number of benzene rings is 1. The summed E-state index contributed by atoms with van der Waals surface area (Å²) in [4.78, 5) is 30.8. The first-order valence-electron chi connectivity index (χ1n) is 9.16. The standard InChI is InChI=1S/C19H30N4O2/c1-4-20-18(24)15-21-11-13-22(14-12-21)16(3)19(25)23(5-2)17-9-7-6-8-10-17/h6-10,16H,4-5,11-15H2,1-3H3,(H,20,24). The van der Waals surface area contributed by atoms with Gasteiger partial charge in [-0.05, 0) is 32.9 Å². The number of para-hydroxylation sites is 1. The molecular formula is C19H30N4O2. The van der Waals surface area contributed by atoms with Gasteiger partial charge < -0.3 is 10.2 Å². The minimum Gasteiger partial charge on any atom is -0.355 e. The van der Waals surface area contributed by atoms with Crippen LogP contribution in [0.5, 0.6) is 0 Å². The number of nitrogens with one attached hydrogen (secondary N) is 1. The average molecular weight is 346 g/mol. The summed E-state index contributed by atoms with van der Waals surface area (Å²) >= 11 is 0. The maximum atomic E-state index is 12.9. The molecule has 2 amide bonds. The Balaban J connectivity index is 1.89. The zero-order valence-corrected chi connectivity index (χ0v) is 15.6. The Labute approximate surface area is 150 Å². The number of anilines is 1. The number of carbonyl (C=O) groups is 2. The molecule has 6 nitrogen and oxygen atoms in total. The van der Waals surface area contributed by atoms with Crippen molar-refractivity contribution in [3.63, 3.8) is 0 Å². The molecule has 1 aromatic carbocycles. The summed E-state index contributed by atoms with van der Waals surface area (Å²) in [7, 11) is 0. The number of hydrogen-bond acceptors (Lipinski definition) is 4. The molecule has 1 heterocycles. The van der Waals surface area contributed by atoms with Gasteiger partial charge in [0, 0.05) is 45.0 Å². The lowest BCUT2D eigenvalue weighted by Gasteiger charge is -2.38. The van der Waals surface area contributed by atoms with Gasteiger partial charge in [0.25, 0.3) is 0 Å². The molecule has 0 aliphatic carbocycles. The highest BCUT2D eigenvalue weighted by atomic mass is 16.2. The molecule has 1 aliphatic heterocycles. The largest absolute Gasteiger partial charge is 0.355 e. The highest BCUT2D eigenvalue weighted by Gasteiger charge is 2.29. The molecule has 0 spiro atoms. The van der Waals surface area contributed by atoms with Crippen molar-refractivity contribution in [1.29, 1.82) is 0 Å². The van der Waals surface area contributed by atoms with Gasteiger partial charge >= 0.3 is 0 Å². The van der Waals surface area contributed by atoms with E-state index in [1.807, 2.05) is 56.0 Å². The normalized spacial score (nSPS) is 17.1. The van der Waals surface area contributed by atoms with Crippen LogP contribution in [0.3, 0.4) is 0 Å². The van der Waals surface area contributed by atoms with Crippen LogP contribution in [0.4, 0.5) is 5.69 Å². The second-order valence-corrected chi connectivity index (χ2v) is 6.36. The van der Waals surface area contributed by atoms with Crippen LogP contribution in [0.2, 0.25) is 0 Å². The van der Waals surface area contributed by atoms with E-state index in [-0.39, 0.29) is 17.9 Å². The number of likely N-dealkylation sites (N-methyl/N-ethyl adjacent to an activating group) is 2. The Kier molecular flexibility index (Phi) is 7.40. The van der Waals surface area contributed by atoms with Gasteiger partial charge in [-0.3, -0.25) is 19.4 Å². The third kappa shape index (κ3) is 5.28. The molecule has 1 aromatic rings. The Morgan fingerprint density at radius 3 is 2.32 bits per heavy atom. The molecule has 1 N–H and O–H groups in total. The van der Waals surface area contributed by atoms with Crippen LogP contribution in [-0.2, 0) is 9.59 Å². The number of rotatable bonds is 7. The molecule has 0 bridgehead atoms. The van der Waals surface area contributed by atoms with Crippen LogP contribution in [0.25, 0.3) is 0 Å². The minimum atomic E-state index is -0.160. The first-order valence-corrected chi connectivity index (χ1v) is 9.16. The highest BCUT2D eigenvalue weighted by molar-refractivity contribution is 5.96. The molecule has 25 heavy (non-hydrogen) atoms. The van der Waals surface area contributed by atoms with E-state index in [0.29, 0.717) is 19.6 Å². The first-order chi connectivity index (χ1) is 12.1. The maximum absolute atomic E-state index is 12.9. The lowest BCUT2D eigenvalue weighted by molar-refractivity contribution is -0.126. The fourth-order valence-corrected chi connectivity index (χ4v) is 3.22. The Morgan fingerprint density at radius 2 is 1.76 bits per heavy atom. The highest BCUT2D eigenvalue weighted by Crippen LogP contribution is 2.17. The fourth-order valence-electron chi connectivity index (χ4n) is 3.22. The van der Waals surface area contributed by atoms with Crippen LogP contribution < -0.4 is 10.2 Å². The average Bonchev–Trinajstić information content (AvgIpc) is 2.63. The van der Waals surface area contributed by atoms with E-state index >= 15 is 0 Å². The number of hydrogen-bond donors (Lipinski definition) is 1. The molecule has 1 aliphatic rings. The van der Waals surface area contributed by atoms with Crippen LogP contribution in [-0.4, -0.2) is 73.5 Å². The Bertz CT molecular complexity index is 556. The van der Waals surface area contributed by atoms with Gasteiger partial charge in [-0.25, -0.2) is 0 Å². The topological polar surface area (TPSA) is 55.9 Å². The quantitative estimate of drug-likeness (QED) is 0.806. The number of carbonyl (C=O) groups excluding carboxylic acids is 2. The SMILES string of the molecule is CCNC(=O)CN1CCN(C(C)C(=O)N(CC)c2ccccc2)CC1. The lowest BCUT2D eigenvalue weighted by Crippen LogP contribution is -2.55. The fraction of sp³-hybridized carbons (Fsp3) is 0.579. The number of piperazine rings is 1. The molecule has 0 aromatic heterocycles. The molecule has 1 atom stereocenters. The molecule has 138 valence electrons. The van der Waals surface area contributed by atoms with Gasteiger partial charge in [0.2, 0.25) is 11.8 Å². The number of amides is 2. The maximum Gasteiger partial charge on any atom is 0.244 e. The molecule has 0 saturated carbocycles. The summed E-state index contributed by atoms with van der Waals surface area (Å²) in [6.07, 6.45) is 0. The summed E-state index contributed by atoms with van der Waals surface area (Å²) < 4.78 is 0. The third-order valence-electron chi connectivity index (χ3n) is 4.70. The minimum absolute atomic E-state index is 0.0707. The second-order valence-electron chi connectivity index (χ2n) is 6.36. The smallest absolute Gasteiger partial charge is 0.244 e. The van der Waals surface area contributed by atoms with Crippen molar-refractivity contribution < 1.29 is 9.59 Å². The van der Waals surface area contributed by atoms with E-state index < -0.39 is 0 Å². The second kappa shape index (κ2) is 9.53. The lowest BCUT2D eigenvalue weighted by atomic mass is 10.1. The predicted molar refractivity (Wildman–Crippen MR) is 101 cm³/mol. The molecular weight excluding hydrogens is 316 g/mol. The van der Waals surface area contributed by atoms with E-state index in [0.717, 1.165) is 31.9 Å². The molecule has 2 rings (SSSR count). The van der Waals surface area contributed by atoms with Crippen molar-refractivity contribution in [2.45, 2.75) is 26.8 Å². The summed E-state index contributed by atoms with van der Waals surface area (Å²) in [6, 6.07) is 9.65. The molecule has 1 fully saturated rings. The molecule has 0 radical (unpaired) electrons. The van der Waals surface area contributed by atoms with Gasteiger partial charge in [0.05, 0.1) is 12.6 Å². The van der Waals surface area contributed by atoms with E-state index in [4.69, 9.17) is 0 Å². The number of nitrogens with zero attached hydrogens (tertiary/aromatic N) is 3. The van der Waals surface area contributed by atoms with Crippen molar-refractivity contribution in [3.05, 3.63) is 30.3 Å². The molecule has 1 unspecified atom stereocenters. The van der Waals surface area contributed by atoms with E-state index in [2.05, 4.69) is 15.1 Å². The van der Waals surface area contributed by atoms with Gasteiger partial charge in [0.15, 0.2) is 0 Å². The Morgan fingerprint density at radius 1 is 1.12 bits per heavy atom. The summed E-state index contributed by atoms with van der Waals surface area (Å²) in [6.45, 7) is 10.9. The van der Waals surface area contributed by atoms with Gasteiger partial charge in [-0.15, -0.1) is 0 Å². The van der Waals surface area contributed by atoms with Crippen LogP contribution in [0, 0.1) is 0 Å². The molecule has 6 heteroatoms. The predicted octanol–water partition coefficient (Wildman–Crippen LogP) is 1.18. The summed E-state index contributed by atoms with van der Waals surface area (Å²) in [5.74, 6) is 0.201.